The molecule has 0 saturated heterocycles. The largest absolute Gasteiger partial charge is 0.465 e. The molecule has 2 aromatic rings. The van der Waals surface area contributed by atoms with Crippen LogP contribution < -0.4 is 5.32 Å². The van der Waals surface area contributed by atoms with Crippen molar-refractivity contribution in [2.24, 2.45) is 0 Å². The molecule has 0 aliphatic rings. The zero-order chi connectivity index (χ0) is 14.7. The number of anilines is 1. The standard InChI is InChI=1S/C14H14N2O3S/c1-8-5-4-6-15-11(8)13(17)16-10-9(2)7-20-12(10)14(18)19-3/h4-7H,1-3H3,(H,16,17). The number of aromatic nitrogens is 1. The highest BCUT2D eigenvalue weighted by molar-refractivity contribution is 7.12. The number of carbonyl (C=O) groups is 2. The van der Waals surface area contributed by atoms with Gasteiger partial charge in [0.05, 0.1) is 12.8 Å². The molecule has 0 aliphatic heterocycles. The molecule has 2 aromatic heterocycles. The molecule has 0 atom stereocenters. The van der Waals surface area contributed by atoms with Gasteiger partial charge in [0.2, 0.25) is 0 Å². The molecule has 0 spiro atoms. The average molecular weight is 290 g/mol. The lowest BCUT2D eigenvalue weighted by molar-refractivity contribution is 0.0607. The Morgan fingerprint density at radius 1 is 1.30 bits per heavy atom. The molecule has 0 fully saturated rings. The van der Waals surface area contributed by atoms with Crippen LogP contribution in [0.3, 0.4) is 0 Å². The van der Waals surface area contributed by atoms with Crippen LogP contribution in [0.1, 0.15) is 31.3 Å². The molecule has 0 aliphatic carbocycles. The van der Waals surface area contributed by atoms with E-state index in [1.165, 1.54) is 18.4 Å². The third-order valence-electron chi connectivity index (χ3n) is 2.81. The van der Waals surface area contributed by atoms with Crippen LogP contribution in [0.2, 0.25) is 0 Å². The fourth-order valence-electron chi connectivity index (χ4n) is 1.74. The van der Waals surface area contributed by atoms with Gasteiger partial charge in [0.15, 0.2) is 0 Å². The summed E-state index contributed by atoms with van der Waals surface area (Å²) in [4.78, 5) is 28.3. The van der Waals surface area contributed by atoms with Gasteiger partial charge >= 0.3 is 5.97 Å². The highest BCUT2D eigenvalue weighted by Gasteiger charge is 2.20. The Labute approximate surface area is 120 Å². The lowest BCUT2D eigenvalue weighted by Gasteiger charge is -2.08. The van der Waals surface area contributed by atoms with Crippen molar-refractivity contribution in [2.75, 3.05) is 12.4 Å². The lowest BCUT2D eigenvalue weighted by Crippen LogP contribution is -2.17. The van der Waals surface area contributed by atoms with Crippen LogP contribution in [-0.2, 0) is 4.74 Å². The molecule has 0 unspecified atom stereocenters. The second kappa shape index (κ2) is 5.83. The third kappa shape index (κ3) is 2.70. The summed E-state index contributed by atoms with van der Waals surface area (Å²) in [6, 6.07) is 3.57. The molecule has 5 nitrogen and oxygen atoms in total. The summed E-state index contributed by atoms with van der Waals surface area (Å²) >= 11 is 1.24. The van der Waals surface area contributed by atoms with E-state index in [4.69, 9.17) is 4.74 Å². The SMILES string of the molecule is COC(=O)c1scc(C)c1NC(=O)c1ncccc1C. The van der Waals surface area contributed by atoms with Gasteiger partial charge in [0, 0.05) is 6.20 Å². The molecule has 2 heterocycles. The third-order valence-corrected chi connectivity index (χ3v) is 3.89. The highest BCUT2D eigenvalue weighted by Crippen LogP contribution is 2.28. The number of nitrogens with one attached hydrogen (secondary N) is 1. The van der Waals surface area contributed by atoms with Crippen molar-refractivity contribution < 1.29 is 14.3 Å². The number of hydrogen-bond acceptors (Lipinski definition) is 5. The fraction of sp³-hybridized carbons (Fsp3) is 0.214. The second-order valence-corrected chi connectivity index (χ2v) is 5.12. The fourth-order valence-corrected chi connectivity index (χ4v) is 2.66. The Morgan fingerprint density at radius 3 is 2.70 bits per heavy atom. The van der Waals surface area contributed by atoms with Crippen molar-refractivity contribution >= 4 is 28.9 Å². The molecule has 1 N–H and O–H groups in total. The van der Waals surface area contributed by atoms with Crippen LogP contribution in [0.4, 0.5) is 5.69 Å². The number of methoxy groups -OCH3 is 1. The van der Waals surface area contributed by atoms with E-state index in [1.807, 2.05) is 19.9 Å². The van der Waals surface area contributed by atoms with Crippen LogP contribution in [0.15, 0.2) is 23.7 Å². The van der Waals surface area contributed by atoms with Crippen molar-refractivity contribution in [2.45, 2.75) is 13.8 Å². The number of nitrogens with zero attached hydrogens (tertiary/aromatic N) is 1. The number of pyridine rings is 1. The smallest absolute Gasteiger partial charge is 0.350 e. The number of ether oxygens (including phenoxy) is 1. The van der Waals surface area contributed by atoms with E-state index in [9.17, 15) is 9.59 Å². The number of amides is 1. The van der Waals surface area contributed by atoms with Gasteiger partial charge in [-0.05, 0) is 36.4 Å². The quantitative estimate of drug-likeness (QED) is 0.883. The molecule has 20 heavy (non-hydrogen) atoms. The summed E-state index contributed by atoms with van der Waals surface area (Å²) in [5.41, 5.74) is 2.42. The van der Waals surface area contributed by atoms with Crippen LogP contribution in [0.5, 0.6) is 0 Å². The van der Waals surface area contributed by atoms with Crippen LogP contribution in [0.25, 0.3) is 0 Å². The number of carbonyl (C=O) groups excluding carboxylic acids is 2. The van der Waals surface area contributed by atoms with Crippen molar-refractivity contribution in [3.05, 3.63) is 45.4 Å². The zero-order valence-electron chi connectivity index (χ0n) is 11.4. The summed E-state index contributed by atoms with van der Waals surface area (Å²) in [5.74, 6) is -0.800. The van der Waals surface area contributed by atoms with Crippen molar-refractivity contribution in [1.82, 2.24) is 4.98 Å². The van der Waals surface area contributed by atoms with E-state index in [1.54, 1.807) is 17.6 Å². The normalized spacial score (nSPS) is 10.2. The lowest BCUT2D eigenvalue weighted by atomic mass is 10.2. The minimum Gasteiger partial charge on any atom is -0.465 e. The van der Waals surface area contributed by atoms with E-state index in [0.717, 1.165) is 11.1 Å². The van der Waals surface area contributed by atoms with Crippen molar-refractivity contribution in [1.29, 1.82) is 0 Å². The Morgan fingerprint density at radius 2 is 2.05 bits per heavy atom. The topological polar surface area (TPSA) is 68.3 Å². The number of hydrogen-bond donors (Lipinski definition) is 1. The minimum atomic E-state index is -0.462. The van der Waals surface area contributed by atoms with Crippen LogP contribution in [-0.4, -0.2) is 24.0 Å². The van der Waals surface area contributed by atoms with Crippen LogP contribution in [0, 0.1) is 13.8 Å². The first-order chi connectivity index (χ1) is 9.54. The second-order valence-electron chi connectivity index (χ2n) is 4.24. The van der Waals surface area contributed by atoms with Gasteiger partial charge < -0.3 is 10.1 Å². The van der Waals surface area contributed by atoms with E-state index in [-0.39, 0.29) is 5.91 Å². The van der Waals surface area contributed by atoms with E-state index >= 15 is 0 Å². The van der Waals surface area contributed by atoms with Gasteiger partial charge in [-0.3, -0.25) is 9.78 Å². The van der Waals surface area contributed by atoms with Gasteiger partial charge in [-0.15, -0.1) is 11.3 Å². The average Bonchev–Trinajstić information content (AvgIpc) is 2.80. The monoisotopic (exact) mass is 290 g/mol. The van der Waals surface area contributed by atoms with Crippen molar-refractivity contribution in [3.8, 4) is 0 Å². The maximum Gasteiger partial charge on any atom is 0.350 e. The molecule has 1 amide bonds. The molecule has 6 heteroatoms. The van der Waals surface area contributed by atoms with Gasteiger partial charge in [-0.25, -0.2) is 4.79 Å². The summed E-state index contributed by atoms with van der Waals surface area (Å²) in [6.07, 6.45) is 1.56. The van der Waals surface area contributed by atoms with E-state index in [2.05, 4.69) is 10.3 Å². The van der Waals surface area contributed by atoms with Gasteiger partial charge in [0.1, 0.15) is 10.6 Å². The Bertz CT molecular complexity index is 664. The molecule has 2 rings (SSSR count). The van der Waals surface area contributed by atoms with Gasteiger partial charge in [-0.2, -0.15) is 0 Å². The number of aryl methyl sites for hydroxylation is 2. The summed E-state index contributed by atoms with van der Waals surface area (Å²) in [7, 11) is 1.31. The summed E-state index contributed by atoms with van der Waals surface area (Å²) < 4.78 is 4.71. The maximum atomic E-state index is 12.2. The molecular formula is C14H14N2O3S. The van der Waals surface area contributed by atoms with E-state index < -0.39 is 5.97 Å². The first-order valence-electron chi connectivity index (χ1n) is 5.94. The number of rotatable bonds is 3. The molecule has 0 bridgehead atoms. The predicted molar refractivity (Wildman–Crippen MR) is 77.3 cm³/mol. The predicted octanol–water partition coefficient (Wildman–Crippen LogP) is 2.80. The maximum absolute atomic E-state index is 12.2. The van der Waals surface area contributed by atoms with Gasteiger partial charge in [-0.1, -0.05) is 6.07 Å². The summed E-state index contributed by atoms with van der Waals surface area (Å²) in [5, 5.41) is 4.54. The minimum absolute atomic E-state index is 0.338. The summed E-state index contributed by atoms with van der Waals surface area (Å²) in [6.45, 7) is 3.63. The van der Waals surface area contributed by atoms with Crippen LogP contribution >= 0.6 is 11.3 Å². The number of esters is 1. The van der Waals surface area contributed by atoms with Gasteiger partial charge in [0.25, 0.3) is 5.91 Å². The molecule has 0 radical (unpaired) electrons. The molecular weight excluding hydrogens is 276 g/mol. The Balaban J connectivity index is 2.31. The molecule has 0 saturated carbocycles. The zero-order valence-corrected chi connectivity index (χ0v) is 12.2. The Kier molecular flexibility index (Phi) is 4.14. The van der Waals surface area contributed by atoms with Crippen molar-refractivity contribution in [3.63, 3.8) is 0 Å². The molecule has 104 valence electrons. The number of thiophene rings is 1. The first kappa shape index (κ1) is 14.2. The highest BCUT2D eigenvalue weighted by atomic mass is 32.1. The first-order valence-corrected chi connectivity index (χ1v) is 6.82. The van der Waals surface area contributed by atoms with E-state index in [0.29, 0.717) is 16.3 Å². The Hall–Kier alpha value is -2.21. The molecule has 0 aromatic carbocycles.